The molecule has 0 radical (unpaired) electrons. The normalized spacial score (nSPS) is 21.5. The maximum Gasteiger partial charge on any atom is 0.149 e. The average molecular weight is 342 g/mol. The van der Waals surface area contributed by atoms with Crippen molar-refractivity contribution in [1.29, 1.82) is 0 Å². The minimum Gasteiger partial charge on any atom is -0.380 e. The molecule has 0 amide bonds. The summed E-state index contributed by atoms with van der Waals surface area (Å²) in [5, 5.41) is 10.9. The second-order valence-corrected chi connectivity index (χ2v) is 5.97. The summed E-state index contributed by atoms with van der Waals surface area (Å²) in [5.74, 6) is -0.560. The van der Waals surface area contributed by atoms with E-state index in [1.165, 1.54) is 0 Å². The van der Waals surface area contributed by atoms with Crippen LogP contribution in [0.1, 0.15) is 23.1 Å². The lowest BCUT2D eigenvalue weighted by Gasteiger charge is -2.25. The Kier molecular flexibility index (Phi) is 3.16. The molecule has 1 N–H and O–H groups in total. The van der Waals surface area contributed by atoms with Crippen LogP contribution in [-0.4, -0.2) is 5.11 Å². The van der Waals surface area contributed by atoms with Crippen molar-refractivity contribution < 1.29 is 9.50 Å². The fourth-order valence-corrected chi connectivity index (χ4v) is 3.19. The second kappa shape index (κ2) is 4.58. The van der Waals surface area contributed by atoms with Crippen LogP contribution in [0.25, 0.3) is 0 Å². The van der Waals surface area contributed by atoms with Crippen LogP contribution in [0.2, 0.25) is 5.02 Å². The van der Waals surface area contributed by atoms with Gasteiger partial charge in [-0.1, -0.05) is 41.9 Å². The Bertz CT molecular complexity index is 659. The van der Waals surface area contributed by atoms with Gasteiger partial charge in [0.1, 0.15) is 11.4 Å². The van der Waals surface area contributed by atoms with Crippen LogP contribution in [0.4, 0.5) is 4.39 Å². The number of benzene rings is 2. The van der Waals surface area contributed by atoms with Gasteiger partial charge in [-0.2, -0.15) is 0 Å². The monoisotopic (exact) mass is 340 g/mol. The first-order valence-electron chi connectivity index (χ1n) is 5.99. The Balaban J connectivity index is 2.21. The maximum absolute atomic E-state index is 14.3. The highest BCUT2D eigenvalue weighted by atomic mass is 79.9. The number of hydrogen-bond acceptors (Lipinski definition) is 1. The quantitative estimate of drug-likeness (QED) is 0.761. The summed E-state index contributed by atoms with van der Waals surface area (Å²) in [4.78, 5) is 0. The number of aryl methyl sites for hydroxylation is 1. The Morgan fingerprint density at radius 1 is 1.16 bits per heavy atom. The maximum atomic E-state index is 14.3. The number of rotatable bonds is 1. The number of fused-ring (bicyclic) bond motifs is 1. The zero-order chi connectivity index (χ0) is 13.6. The molecule has 1 atom stereocenters. The van der Waals surface area contributed by atoms with Gasteiger partial charge >= 0.3 is 0 Å². The third-order valence-corrected chi connectivity index (χ3v) is 4.96. The Labute approximate surface area is 124 Å². The zero-order valence-corrected chi connectivity index (χ0v) is 12.3. The van der Waals surface area contributed by atoms with Gasteiger partial charge in [0.05, 0.1) is 5.02 Å². The van der Waals surface area contributed by atoms with Gasteiger partial charge in [0.2, 0.25) is 0 Å². The van der Waals surface area contributed by atoms with E-state index in [0.29, 0.717) is 10.9 Å². The lowest BCUT2D eigenvalue weighted by atomic mass is 9.87. The Hall–Kier alpha value is -0.900. The topological polar surface area (TPSA) is 20.2 Å². The molecule has 98 valence electrons. The van der Waals surface area contributed by atoms with Crippen LogP contribution in [0.5, 0.6) is 0 Å². The average Bonchev–Trinajstić information content (AvgIpc) is 2.75. The molecular weight excluding hydrogens is 331 g/mol. The van der Waals surface area contributed by atoms with Crippen LogP contribution in [0, 0.1) is 5.82 Å². The predicted octanol–water partition coefficient (Wildman–Crippen LogP) is 4.42. The van der Waals surface area contributed by atoms with Gasteiger partial charge in [-0.05, 0) is 46.0 Å². The SMILES string of the molecule is OC1(c2ccc(Br)c(Cl)c2F)CCc2ccccc21. The van der Waals surface area contributed by atoms with E-state index in [2.05, 4.69) is 15.9 Å². The summed E-state index contributed by atoms with van der Waals surface area (Å²) in [7, 11) is 0. The van der Waals surface area contributed by atoms with Gasteiger partial charge in [-0.15, -0.1) is 0 Å². The van der Waals surface area contributed by atoms with Crippen molar-refractivity contribution in [3.05, 3.63) is 68.4 Å². The molecule has 1 nitrogen and oxygen atoms in total. The molecule has 3 rings (SSSR count). The van der Waals surface area contributed by atoms with E-state index >= 15 is 0 Å². The van der Waals surface area contributed by atoms with Gasteiger partial charge < -0.3 is 5.11 Å². The zero-order valence-electron chi connectivity index (χ0n) is 9.96. The highest BCUT2D eigenvalue weighted by Gasteiger charge is 2.40. The highest BCUT2D eigenvalue weighted by molar-refractivity contribution is 9.10. The van der Waals surface area contributed by atoms with Crippen molar-refractivity contribution in [1.82, 2.24) is 0 Å². The molecule has 0 saturated carbocycles. The second-order valence-electron chi connectivity index (χ2n) is 4.74. The van der Waals surface area contributed by atoms with Gasteiger partial charge in [0, 0.05) is 10.0 Å². The van der Waals surface area contributed by atoms with Crippen molar-refractivity contribution >= 4 is 27.5 Å². The first-order chi connectivity index (χ1) is 9.04. The molecule has 2 aromatic carbocycles. The Morgan fingerprint density at radius 2 is 1.89 bits per heavy atom. The van der Waals surface area contributed by atoms with E-state index in [0.717, 1.165) is 17.5 Å². The summed E-state index contributed by atoms with van der Waals surface area (Å²) >= 11 is 9.10. The molecule has 0 aliphatic heterocycles. The fourth-order valence-electron chi connectivity index (χ4n) is 2.72. The van der Waals surface area contributed by atoms with Crippen molar-refractivity contribution in [2.75, 3.05) is 0 Å². The number of hydrogen-bond donors (Lipinski definition) is 1. The standard InChI is InChI=1S/C15H11BrClFO/c16-12-6-5-11(14(18)13(12)17)15(19)8-7-9-3-1-2-4-10(9)15/h1-6,19H,7-8H2. The molecule has 0 fully saturated rings. The molecule has 4 heteroatoms. The summed E-state index contributed by atoms with van der Waals surface area (Å²) in [6.07, 6.45) is 1.21. The van der Waals surface area contributed by atoms with E-state index in [1.807, 2.05) is 24.3 Å². The molecule has 19 heavy (non-hydrogen) atoms. The van der Waals surface area contributed by atoms with E-state index < -0.39 is 11.4 Å². The smallest absolute Gasteiger partial charge is 0.149 e. The first kappa shape index (κ1) is 13.1. The van der Waals surface area contributed by atoms with Crippen molar-refractivity contribution in [3.8, 4) is 0 Å². The predicted molar refractivity (Wildman–Crippen MR) is 76.9 cm³/mol. The molecule has 0 heterocycles. The minimum absolute atomic E-state index is 0.00954. The van der Waals surface area contributed by atoms with E-state index in [4.69, 9.17) is 11.6 Å². The summed E-state index contributed by atoms with van der Waals surface area (Å²) in [6, 6.07) is 10.8. The van der Waals surface area contributed by atoms with E-state index in [-0.39, 0.29) is 10.6 Å². The van der Waals surface area contributed by atoms with Crippen molar-refractivity contribution in [2.45, 2.75) is 18.4 Å². The first-order valence-corrected chi connectivity index (χ1v) is 7.16. The van der Waals surface area contributed by atoms with Crippen LogP contribution >= 0.6 is 27.5 Å². The van der Waals surface area contributed by atoms with Crippen molar-refractivity contribution in [2.24, 2.45) is 0 Å². The van der Waals surface area contributed by atoms with Gasteiger partial charge in [-0.3, -0.25) is 0 Å². The van der Waals surface area contributed by atoms with Gasteiger partial charge in [0.25, 0.3) is 0 Å². The third kappa shape index (κ3) is 1.92. The lowest BCUT2D eigenvalue weighted by Crippen LogP contribution is -2.25. The fraction of sp³-hybridized carbons (Fsp3) is 0.200. The Morgan fingerprint density at radius 3 is 2.68 bits per heavy atom. The molecule has 0 saturated heterocycles. The largest absolute Gasteiger partial charge is 0.380 e. The molecule has 0 aromatic heterocycles. The molecule has 0 bridgehead atoms. The van der Waals surface area contributed by atoms with Gasteiger partial charge in [0.15, 0.2) is 0 Å². The van der Waals surface area contributed by atoms with Gasteiger partial charge in [-0.25, -0.2) is 4.39 Å². The molecule has 1 aliphatic carbocycles. The summed E-state index contributed by atoms with van der Waals surface area (Å²) in [5.41, 5.74) is 0.784. The molecule has 1 unspecified atom stereocenters. The lowest BCUT2D eigenvalue weighted by molar-refractivity contribution is 0.0789. The molecule has 1 aliphatic rings. The molecular formula is C15H11BrClFO. The number of halogens is 3. The van der Waals surface area contributed by atoms with Crippen LogP contribution in [0.15, 0.2) is 40.9 Å². The third-order valence-electron chi connectivity index (χ3n) is 3.70. The number of aliphatic hydroxyl groups is 1. The minimum atomic E-state index is -1.29. The highest BCUT2D eigenvalue weighted by Crippen LogP contribution is 2.44. The van der Waals surface area contributed by atoms with Crippen molar-refractivity contribution in [3.63, 3.8) is 0 Å². The van der Waals surface area contributed by atoms with Crippen LogP contribution in [-0.2, 0) is 12.0 Å². The molecule has 0 spiro atoms. The molecule has 2 aromatic rings. The van der Waals surface area contributed by atoms with Crippen LogP contribution < -0.4 is 0 Å². The summed E-state index contributed by atoms with van der Waals surface area (Å²) in [6.45, 7) is 0. The van der Waals surface area contributed by atoms with Crippen LogP contribution in [0.3, 0.4) is 0 Å². The van der Waals surface area contributed by atoms with E-state index in [1.54, 1.807) is 12.1 Å². The van der Waals surface area contributed by atoms with E-state index in [9.17, 15) is 9.50 Å². The summed E-state index contributed by atoms with van der Waals surface area (Å²) < 4.78 is 14.8.